The number of imidazole rings is 1. The van der Waals surface area contributed by atoms with Crippen LogP contribution < -0.4 is 0 Å². The molecule has 1 aromatic carbocycles. The lowest BCUT2D eigenvalue weighted by molar-refractivity contribution is 0.482. The predicted molar refractivity (Wildman–Crippen MR) is 73.6 cm³/mol. The van der Waals surface area contributed by atoms with Crippen LogP contribution in [0.5, 0.6) is 0 Å². The van der Waals surface area contributed by atoms with Crippen molar-refractivity contribution in [3.63, 3.8) is 0 Å². The first-order valence-corrected chi connectivity index (χ1v) is 7.40. The molecule has 2 aromatic rings. The third-order valence-corrected chi connectivity index (χ3v) is 3.43. The van der Waals surface area contributed by atoms with E-state index in [-0.39, 0.29) is 4.90 Å². The number of aryl methyl sites for hydroxylation is 2. The summed E-state index contributed by atoms with van der Waals surface area (Å²) in [5.41, 5.74) is 0.551. The number of hydrogen-bond donors (Lipinski definition) is 2. The first kappa shape index (κ1) is 15.4. The molecule has 2 rings (SSSR count). The quantitative estimate of drug-likeness (QED) is 0.848. The fourth-order valence-corrected chi connectivity index (χ4v) is 2.24. The first-order chi connectivity index (χ1) is 8.95. The summed E-state index contributed by atoms with van der Waals surface area (Å²) in [6.07, 6.45) is 5.86. The lowest BCUT2D eigenvalue weighted by Gasteiger charge is -1.99. The third-order valence-electron chi connectivity index (χ3n) is 2.41. The van der Waals surface area contributed by atoms with Crippen LogP contribution in [0.15, 0.2) is 41.6 Å². The average Bonchev–Trinajstić information content (AvgIpc) is 2.82. The van der Waals surface area contributed by atoms with E-state index >= 15 is 0 Å². The molecule has 19 heavy (non-hydrogen) atoms. The fourth-order valence-electron chi connectivity index (χ4n) is 1.52. The highest BCUT2D eigenvalue weighted by Gasteiger charge is 2.10. The van der Waals surface area contributed by atoms with E-state index < -0.39 is 10.1 Å². The Kier molecular flexibility index (Phi) is 5.72. The molecular weight excluding hydrogens is 264 g/mol. The van der Waals surface area contributed by atoms with Gasteiger partial charge in [-0.3, -0.25) is 4.55 Å². The summed E-state index contributed by atoms with van der Waals surface area (Å²) in [4.78, 5) is 7.05. The van der Waals surface area contributed by atoms with Gasteiger partial charge in [0.2, 0.25) is 0 Å². The molecule has 0 aliphatic carbocycles. The van der Waals surface area contributed by atoms with Gasteiger partial charge in [-0.25, -0.2) is 4.98 Å². The van der Waals surface area contributed by atoms with Gasteiger partial charge in [0.25, 0.3) is 10.1 Å². The van der Waals surface area contributed by atoms with Crippen molar-refractivity contribution in [2.75, 3.05) is 0 Å². The maximum Gasteiger partial charge on any atom is 0.294 e. The zero-order valence-electron chi connectivity index (χ0n) is 11.0. The van der Waals surface area contributed by atoms with Gasteiger partial charge in [-0.15, -0.1) is 0 Å². The number of nitrogens with one attached hydrogen (secondary N) is 1. The minimum atomic E-state index is -4.03. The number of aromatic nitrogens is 2. The number of benzene rings is 1. The van der Waals surface area contributed by atoms with Crippen LogP contribution in [0.4, 0.5) is 0 Å². The topological polar surface area (TPSA) is 83.0 Å². The van der Waals surface area contributed by atoms with E-state index in [9.17, 15) is 8.42 Å². The van der Waals surface area contributed by atoms with Crippen molar-refractivity contribution >= 4 is 10.1 Å². The predicted octanol–water partition coefficient (Wildman–Crippen LogP) is 2.60. The summed E-state index contributed by atoms with van der Waals surface area (Å²) in [6, 6.07) is 6.27. The van der Waals surface area contributed by atoms with Crippen molar-refractivity contribution in [3.05, 3.63) is 48.0 Å². The van der Waals surface area contributed by atoms with E-state index in [0.29, 0.717) is 5.56 Å². The molecule has 0 amide bonds. The molecule has 0 unspecified atom stereocenters. The Bertz CT molecular complexity index is 592. The molecule has 0 aliphatic rings. The van der Waals surface area contributed by atoms with E-state index in [1.165, 1.54) is 6.07 Å². The third kappa shape index (κ3) is 5.23. The number of hydrogen-bond acceptors (Lipinski definition) is 3. The van der Waals surface area contributed by atoms with Crippen LogP contribution in [-0.2, 0) is 16.5 Å². The molecule has 0 bridgehead atoms. The normalized spacial score (nSPS) is 10.7. The van der Waals surface area contributed by atoms with Crippen molar-refractivity contribution in [1.82, 2.24) is 9.97 Å². The van der Waals surface area contributed by atoms with Gasteiger partial charge in [0.15, 0.2) is 0 Å². The summed E-state index contributed by atoms with van der Waals surface area (Å²) in [5, 5.41) is 0. The van der Waals surface area contributed by atoms with Crippen molar-refractivity contribution in [2.45, 2.75) is 31.6 Å². The van der Waals surface area contributed by atoms with Crippen LogP contribution in [0.1, 0.15) is 24.7 Å². The molecule has 0 atom stereocenters. The van der Waals surface area contributed by atoms with E-state index in [2.05, 4.69) is 16.9 Å². The monoisotopic (exact) mass is 282 g/mol. The number of rotatable bonds is 3. The maximum atomic E-state index is 10.6. The maximum absolute atomic E-state index is 10.6. The number of H-pyrrole nitrogens is 1. The van der Waals surface area contributed by atoms with Gasteiger partial charge in [-0.05, 0) is 25.0 Å². The molecule has 0 spiro atoms. The Hall–Kier alpha value is -1.66. The van der Waals surface area contributed by atoms with Crippen LogP contribution >= 0.6 is 0 Å². The van der Waals surface area contributed by atoms with Crippen LogP contribution in [0.2, 0.25) is 0 Å². The van der Waals surface area contributed by atoms with E-state index in [1.807, 2.05) is 6.20 Å². The molecule has 0 saturated carbocycles. The summed E-state index contributed by atoms with van der Waals surface area (Å²) in [5.74, 6) is 1.09. The van der Waals surface area contributed by atoms with Gasteiger partial charge in [-0.1, -0.05) is 25.1 Å². The molecular formula is C13H18N2O3S. The average molecular weight is 282 g/mol. The summed E-state index contributed by atoms with van der Waals surface area (Å²) in [7, 11) is -4.03. The molecule has 2 N–H and O–H groups in total. The Morgan fingerprint density at radius 1 is 1.32 bits per heavy atom. The van der Waals surface area contributed by atoms with E-state index in [4.69, 9.17) is 4.55 Å². The van der Waals surface area contributed by atoms with Gasteiger partial charge < -0.3 is 4.98 Å². The lowest BCUT2D eigenvalue weighted by atomic mass is 10.2. The Morgan fingerprint density at radius 2 is 2.00 bits per heavy atom. The second-order valence-electron chi connectivity index (χ2n) is 4.03. The van der Waals surface area contributed by atoms with E-state index in [0.717, 1.165) is 18.7 Å². The summed E-state index contributed by atoms with van der Waals surface area (Å²) < 4.78 is 29.9. The lowest BCUT2D eigenvalue weighted by Crippen LogP contribution is -1.99. The minimum Gasteiger partial charge on any atom is -0.349 e. The molecule has 0 fully saturated rings. The molecule has 0 radical (unpaired) electrons. The smallest absolute Gasteiger partial charge is 0.294 e. The summed E-state index contributed by atoms with van der Waals surface area (Å²) >= 11 is 0. The number of aromatic amines is 1. The molecule has 1 aromatic heterocycles. The minimum absolute atomic E-state index is 0.0278. The van der Waals surface area contributed by atoms with Gasteiger partial charge in [0.1, 0.15) is 5.82 Å². The molecule has 0 aliphatic heterocycles. The Balaban J connectivity index is 0.000000200. The highest BCUT2D eigenvalue weighted by Crippen LogP contribution is 2.12. The van der Waals surface area contributed by atoms with Crippen LogP contribution in [0.3, 0.4) is 0 Å². The van der Waals surface area contributed by atoms with Crippen LogP contribution in [-0.4, -0.2) is 22.9 Å². The molecule has 5 nitrogen and oxygen atoms in total. The summed E-state index contributed by atoms with van der Waals surface area (Å²) in [6.45, 7) is 3.77. The van der Waals surface area contributed by atoms with Gasteiger partial charge in [-0.2, -0.15) is 8.42 Å². The first-order valence-electron chi connectivity index (χ1n) is 5.96. The fraction of sp³-hybridized carbons (Fsp3) is 0.308. The largest absolute Gasteiger partial charge is 0.349 e. The van der Waals surface area contributed by atoms with Crippen molar-refractivity contribution in [1.29, 1.82) is 0 Å². The second-order valence-corrected chi connectivity index (χ2v) is 5.42. The van der Waals surface area contributed by atoms with Crippen molar-refractivity contribution in [2.24, 2.45) is 0 Å². The Morgan fingerprint density at radius 3 is 2.42 bits per heavy atom. The number of nitrogens with zero attached hydrogens (tertiary/aromatic N) is 1. The van der Waals surface area contributed by atoms with Crippen molar-refractivity contribution in [3.8, 4) is 0 Å². The van der Waals surface area contributed by atoms with Gasteiger partial charge in [0, 0.05) is 18.8 Å². The zero-order valence-corrected chi connectivity index (χ0v) is 11.8. The van der Waals surface area contributed by atoms with Gasteiger partial charge >= 0.3 is 0 Å². The highest BCUT2D eigenvalue weighted by atomic mass is 32.2. The Labute approximate surface area is 113 Å². The van der Waals surface area contributed by atoms with E-state index in [1.54, 1.807) is 31.3 Å². The molecule has 6 heteroatoms. The highest BCUT2D eigenvalue weighted by molar-refractivity contribution is 7.85. The van der Waals surface area contributed by atoms with Crippen LogP contribution in [0.25, 0.3) is 0 Å². The molecule has 1 heterocycles. The van der Waals surface area contributed by atoms with Gasteiger partial charge in [0.05, 0.1) is 4.90 Å². The second kappa shape index (κ2) is 7.06. The van der Waals surface area contributed by atoms with Crippen molar-refractivity contribution < 1.29 is 13.0 Å². The van der Waals surface area contributed by atoms with Crippen LogP contribution in [0, 0.1) is 6.92 Å². The standard InChI is InChI=1S/C7H8O3S.C6H10N2/c1-6-4-2-3-5-7(6)11(8,9)10;1-2-3-6-7-4-5-8-6/h2-5H,1H3,(H,8,9,10);4-5H,2-3H2,1H3,(H,7,8). The zero-order chi connectivity index (χ0) is 14.3. The SMILES string of the molecule is CCCc1ncc[nH]1.Cc1ccccc1S(=O)(=O)O. The molecule has 0 saturated heterocycles. The molecule has 104 valence electrons.